The smallest absolute Gasteiger partial charge is 0.269 e. The van der Waals surface area contributed by atoms with Gasteiger partial charge in [-0.05, 0) is 81.1 Å². The zero-order valence-electron chi connectivity index (χ0n) is 20.7. The summed E-state index contributed by atoms with van der Waals surface area (Å²) in [5.41, 5.74) is 2.01. The molecular formula is C25H29ClFN5O3S2. The van der Waals surface area contributed by atoms with Crippen LogP contribution >= 0.6 is 23.1 Å². The van der Waals surface area contributed by atoms with Crippen LogP contribution in [0.4, 0.5) is 15.2 Å². The first kappa shape index (κ1) is 26.1. The van der Waals surface area contributed by atoms with E-state index in [9.17, 15) is 8.42 Å². The molecule has 5 rings (SSSR count). The van der Waals surface area contributed by atoms with Gasteiger partial charge in [-0.1, -0.05) is 17.7 Å². The summed E-state index contributed by atoms with van der Waals surface area (Å²) in [4.78, 5) is 6.08. The van der Waals surface area contributed by atoms with Gasteiger partial charge in [-0.25, -0.2) is 22.1 Å². The van der Waals surface area contributed by atoms with Gasteiger partial charge in [-0.2, -0.15) is 4.37 Å². The molecular weight excluding hydrogens is 537 g/mol. The summed E-state index contributed by atoms with van der Waals surface area (Å²) >= 11 is 7.43. The van der Waals surface area contributed by atoms with Crippen molar-refractivity contribution in [2.45, 2.75) is 49.6 Å². The fourth-order valence-corrected chi connectivity index (χ4v) is 7.91. The third-order valence-corrected chi connectivity index (χ3v) is 10.3. The van der Waals surface area contributed by atoms with Gasteiger partial charge in [0.25, 0.3) is 10.0 Å². The van der Waals surface area contributed by atoms with Crippen molar-refractivity contribution in [2.24, 2.45) is 0 Å². The SMILES string of the molecule is COc1ccc(CN(c2ncns2)S(=O)(=O)c2cc(Cl)c(NCC34CCCN3CCC4)cc2F)c(C)c1. The lowest BCUT2D eigenvalue weighted by Crippen LogP contribution is -2.44. The van der Waals surface area contributed by atoms with E-state index in [0.717, 1.165) is 65.7 Å². The summed E-state index contributed by atoms with van der Waals surface area (Å²) in [5.74, 6) is -0.217. The highest BCUT2D eigenvalue weighted by Gasteiger charge is 2.44. The van der Waals surface area contributed by atoms with E-state index in [0.29, 0.717) is 18.0 Å². The monoisotopic (exact) mass is 565 g/mol. The Morgan fingerprint density at radius 1 is 1.24 bits per heavy atom. The molecule has 0 aliphatic carbocycles. The van der Waals surface area contributed by atoms with Gasteiger partial charge in [0, 0.05) is 23.6 Å². The van der Waals surface area contributed by atoms with Gasteiger partial charge in [0.15, 0.2) is 0 Å². The Morgan fingerprint density at radius 2 is 2.00 bits per heavy atom. The van der Waals surface area contributed by atoms with Crippen molar-refractivity contribution >= 4 is 44.0 Å². The number of nitrogens with one attached hydrogen (secondary N) is 1. The average molecular weight is 566 g/mol. The maximum atomic E-state index is 15.4. The number of nitrogens with zero attached hydrogens (tertiary/aromatic N) is 4. The van der Waals surface area contributed by atoms with E-state index in [1.165, 1.54) is 18.5 Å². The number of hydrogen-bond donors (Lipinski definition) is 1. The Balaban J connectivity index is 1.44. The quantitative estimate of drug-likeness (QED) is 0.387. The van der Waals surface area contributed by atoms with E-state index in [1.54, 1.807) is 19.2 Å². The topological polar surface area (TPSA) is 87.7 Å². The summed E-state index contributed by atoms with van der Waals surface area (Å²) in [6.45, 7) is 4.61. The Kier molecular flexibility index (Phi) is 7.32. The van der Waals surface area contributed by atoms with Crippen LogP contribution in [-0.4, -0.2) is 55.0 Å². The molecule has 37 heavy (non-hydrogen) atoms. The molecule has 1 N–H and O–H groups in total. The third kappa shape index (κ3) is 5.01. The van der Waals surface area contributed by atoms with Gasteiger partial charge in [0.1, 0.15) is 22.8 Å². The van der Waals surface area contributed by atoms with Gasteiger partial charge in [-0.3, -0.25) is 4.90 Å². The molecule has 198 valence electrons. The molecule has 2 aliphatic heterocycles. The summed E-state index contributed by atoms with van der Waals surface area (Å²) in [6.07, 6.45) is 5.75. The number of methoxy groups -OCH3 is 1. The molecule has 3 aromatic rings. The zero-order valence-corrected chi connectivity index (χ0v) is 23.1. The van der Waals surface area contributed by atoms with Crippen LogP contribution in [0, 0.1) is 12.7 Å². The van der Waals surface area contributed by atoms with Crippen molar-refractivity contribution in [3.05, 3.63) is 58.6 Å². The summed E-state index contributed by atoms with van der Waals surface area (Å²) in [6, 6.07) is 7.70. The van der Waals surface area contributed by atoms with Crippen LogP contribution in [0.1, 0.15) is 36.8 Å². The number of aromatic nitrogens is 2. The zero-order chi connectivity index (χ0) is 26.2. The van der Waals surface area contributed by atoms with Gasteiger partial charge in [0.05, 0.1) is 24.4 Å². The molecule has 0 bridgehead atoms. The number of aryl methyl sites for hydroxylation is 1. The van der Waals surface area contributed by atoms with E-state index < -0.39 is 20.7 Å². The summed E-state index contributed by atoms with van der Waals surface area (Å²) in [7, 11) is -2.79. The van der Waals surface area contributed by atoms with Crippen LogP contribution in [0.25, 0.3) is 0 Å². The van der Waals surface area contributed by atoms with E-state index in [4.69, 9.17) is 16.3 Å². The van der Waals surface area contributed by atoms with Gasteiger partial charge < -0.3 is 10.1 Å². The Labute approximate surface area is 225 Å². The van der Waals surface area contributed by atoms with Crippen molar-refractivity contribution in [3.63, 3.8) is 0 Å². The number of anilines is 2. The number of hydrogen-bond acceptors (Lipinski definition) is 8. The molecule has 8 nitrogen and oxygen atoms in total. The van der Waals surface area contributed by atoms with E-state index in [1.807, 2.05) is 13.0 Å². The van der Waals surface area contributed by atoms with Gasteiger partial charge >= 0.3 is 0 Å². The van der Waals surface area contributed by atoms with Gasteiger partial charge in [0.2, 0.25) is 5.13 Å². The lowest BCUT2D eigenvalue weighted by Gasteiger charge is -2.32. The number of halogens is 2. The summed E-state index contributed by atoms with van der Waals surface area (Å²) in [5, 5.41) is 3.58. The number of rotatable bonds is 9. The maximum absolute atomic E-state index is 15.4. The minimum atomic E-state index is -4.36. The number of sulfonamides is 1. The molecule has 2 aliphatic rings. The second-order valence-corrected chi connectivity index (χ2v) is 12.6. The van der Waals surface area contributed by atoms with Crippen LogP contribution in [0.2, 0.25) is 5.02 Å². The molecule has 0 unspecified atom stereocenters. The first-order valence-electron chi connectivity index (χ1n) is 12.1. The normalized spacial score (nSPS) is 17.1. The van der Waals surface area contributed by atoms with E-state index >= 15 is 4.39 Å². The third-order valence-electron chi connectivity index (χ3n) is 7.44. The van der Waals surface area contributed by atoms with Crippen LogP contribution in [0.5, 0.6) is 5.75 Å². The largest absolute Gasteiger partial charge is 0.497 e. The second kappa shape index (κ2) is 10.4. The molecule has 0 radical (unpaired) electrons. The molecule has 12 heteroatoms. The Bertz CT molecular complexity index is 1380. The molecule has 0 amide bonds. The van der Waals surface area contributed by atoms with E-state index in [2.05, 4.69) is 19.6 Å². The molecule has 0 saturated carbocycles. The maximum Gasteiger partial charge on any atom is 0.269 e. The predicted molar refractivity (Wildman–Crippen MR) is 144 cm³/mol. The lowest BCUT2D eigenvalue weighted by atomic mass is 9.94. The minimum Gasteiger partial charge on any atom is -0.497 e. The molecule has 2 aromatic carbocycles. The predicted octanol–water partition coefficient (Wildman–Crippen LogP) is 5.08. The molecule has 1 aromatic heterocycles. The molecule has 0 atom stereocenters. The first-order chi connectivity index (χ1) is 17.7. The molecule has 2 saturated heterocycles. The number of benzene rings is 2. The Hall–Kier alpha value is -2.47. The lowest BCUT2D eigenvalue weighted by molar-refractivity contribution is 0.209. The number of fused-ring (bicyclic) bond motifs is 1. The standard InChI is InChI=1S/C25H29ClFN5O3S2/c1-17-11-19(35-2)6-5-18(17)14-32(24-29-16-30-36-24)37(33,34)23-12-20(26)22(13-21(23)27)28-15-25-7-3-9-31(25)10-4-8-25/h5-6,11-13,16,28H,3-4,7-10,14-15H2,1-2H3. The highest BCUT2D eigenvalue weighted by atomic mass is 35.5. The van der Waals surface area contributed by atoms with Crippen LogP contribution in [-0.2, 0) is 16.6 Å². The highest BCUT2D eigenvalue weighted by molar-refractivity contribution is 7.93. The second-order valence-electron chi connectivity index (χ2n) is 9.56. The molecule has 2 fully saturated rings. The van der Waals surface area contributed by atoms with E-state index in [-0.39, 0.29) is 22.2 Å². The van der Waals surface area contributed by atoms with Crippen molar-refractivity contribution in [1.82, 2.24) is 14.3 Å². The van der Waals surface area contributed by atoms with Crippen LogP contribution in [0.3, 0.4) is 0 Å². The first-order valence-corrected chi connectivity index (χ1v) is 14.7. The number of ether oxygens (including phenoxy) is 1. The highest BCUT2D eigenvalue weighted by Crippen LogP contribution is 2.40. The van der Waals surface area contributed by atoms with Crippen LogP contribution in [0.15, 0.2) is 41.6 Å². The fraction of sp³-hybridized carbons (Fsp3) is 0.440. The molecule has 0 spiro atoms. The van der Waals surface area contributed by atoms with Crippen molar-refractivity contribution in [1.29, 1.82) is 0 Å². The Morgan fingerprint density at radius 3 is 2.65 bits per heavy atom. The van der Waals surface area contributed by atoms with Crippen molar-refractivity contribution in [2.75, 3.05) is 36.4 Å². The van der Waals surface area contributed by atoms with Crippen LogP contribution < -0.4 is 14.4 Å². The summed E-state index contributed by atoms with van der Waals surface area (Å²) < 4.78 is 53.3. The average Bonchev–Trinajstić information content (AvgIpc) is 3.61. The van der Waals surface area contributed by atoms with Crippen molar-refractivity contribution < 1.29 is 17.5 Å². The molecule has 3 heterocycles. The van der Waals surface area contributed by atoms with Crippen molar-refractivity contribution in [3.8, 4) is 5.75 Å². The minimum absolute atomic E-state index is 0.0528. The fourth-order valence-electron chi connectivity index (χ4n) is 5.41. The van der Waals surface area contributed by atoms with Gasteiger partial charge in [-0.15, -0.1) is 0 Å².